The van der Waals surface area contributed by atoms with Crippen molar-refractivity contribution in [3.63, 3.8) is 0 Å². The van der Waals surface area contributed by atoms with Crippen LogP contribution in [0.25, 0.3) is 11.0 Å². The van der Waals surface area contributed by atoms with Gasteiger partial charge in [-0.25, -0.2) is 9.97 Å². The van der Waals surface area contributed by atoms with Crippen molar-refractivity contribution in [1.82, 2.24) is 14.5 Å². The number of imidazole rings is 1. The van der Waals surface area contributed by atoms with Crippen LogP contribution in [0.3, 0.4) is 0 Å². The molecule has 28 heavy (non-hydrogen) atoms. The quantitative estimate of drug-likeness (QED) is 0.444. The molecule has 2 aliphatic carbocycles. The number of aromatic nitrogens is 3. The summed E-state index contributed by atoms with van der Waals surface area (Å²) in [5, 5.41) is 34.6. The Hall–Kier alpha value is -0.980. The van der Waals surface area contributed by atoms with Crippen molar-refractivity contribution in [2.75, 3.05) is 11.7 Å². The molecule has 152 valence electrons. The van der Waals surface area contributed by atoms with Gasteiger partial charge in [-0.2, -0.15) is 0 Å². The van der Waals surface area contributed by atoms with Gasteiger partial charge in [-0.1, -0.05) is 24.9 Å². The fourth-order valence-electron chi connectivity index (χ4n) is 5.64. The maximum atomic E-state index is 10.6. The number of rotatable bonds is 4. The average Bonchev–Trinajstić information content (AvgIpc) is 3.41. The highest BCUT2D eigenvalue weighted by Crippen LogP contribution is 2.58. The first-order valence-corrected chi connectivity index (χ1v) is 12.0. The van der Waals surface area contributed by atoms with Crippen LogP contribution in [-0.4, -0.2) is 59.9 Å². The van der Waals surface area contributed by atoms with Crippen LogP contribution >= 0.6 is 19.5 Å². The molecule has 0 amide bonds. The van der Waals surface area contributed by atoms with Gasteiger partial charge in [0.2, 0.25) is 0 Å². The number of hydrogen-bond acceptors (Lipinski definition) is 6. The number of aliphatic hydroxyl groups is 3. The van der Waals surface area contributed by atoms with Gasteiger partial charge in [-0.3, -0.25) is 0 Å². The molecular weight excluding hydrogens is 399 g/mol. The van der Waals surface area contributed by atoms with E-state index in [1.54, 1.807) is 12.4 Å². The molecule has 8 atom stereocenters. The first-order chi connectivity index (χ1) is 13.5. The van der Waals surface area contributed by atoms with E-state index >= 15 is 0 Å². The molecular formula is C19H26ClN4O3P. The Kier molecular flexibility index (Phi) is 4.80. The highest BCUT2D eigenvalue weighted by atomic mass is 35.5. The summed E-state index contributed by atoms with van der Waals surface area (Å²) in [6.07, 6.45) is 5.73. The maximum absolute atomic E-state index is 10.6. The highest BCUT2D eigenvalue weighted by molar-refractivity contribution is 7.59. The Balaban J connectivity index is 1.51. The standard InChI is InChI=1S/C19H26ClN4O3P/c1-9-16(17(26)19(27)28(9)8-25)24-7-21-15-13(24)6-14(20)23-18(15)22-12-5-10-2-3-11(12)4-10/h6-7,9-12,16-17,19,25-27H,2-5,8H2,1H3,(H,22,23)/t9-,10?,11?,12?,16-,17+,19?,28?/m1/s1. The molecule has 2 saturated carbocycles. The normalized spacial score (nSPS) is 39.9. The average molecular weight is 425 g/mol. The lowest BCUT2D eigenvalue weighted by atomic mass is 9.95. The molecule has 3 aliphatic rings. The van der Waals surface area contributed by atoms with Crippen LogP contribution in [0, 0.1) is 11.8 Å². The van der Waals surface area contributed by atoms with Crippen molar-refractivity contribution in [2.24, 2.45) is 11.8 Å². The number of fused-ring (bicyclic) bond motifs is 3. The molecule has 1 saturated heterocycles. The number of nitrogens with one attached hydrogen (secondary N) is 1. The smallest absolute Gasteiger partial charge is 0.156 e. The second-order valence-electron chi connectivity index (χ2n) is 8.53. The summed E-state index contributed by atoms with van der Waals surface area (Å²) < 4.78 is 1.89. The number of halogens is 1. The van der Waals surface area contributed by atoms with Gasteiger partial charge in [0, 0.05) is 17.8 Å². The molecule has 2 aromatic heterocycles. The summed E-state index contributed by atoms with van der Waals surface area (Å²) >= 11 is 6.34. The predicted octanol–water partition coefficient (Wildman–Crippen LogP) is 2.74. The predicted molar refractivity (Wildman–Crippen MR) is 110 cm³/mol. The van der Waals surface area contributed by atoms with Crippen molar-refractivity contribution >= 4 is 36.4 Å². The van der Waals surface area contributed by atoms with Crippen LogP contribution in [0.15, 0.2) is 12.4 Å². The minimum Gasteiger partial charge on any atom is -0.392 e. The molecule has 2 aromatic rings. The van der Waals surface area contributed by atoms with E-state index in [0.717, 1.165) is 17.0 Å². The largest absolute Gasteiger partial charge is 0.392 e. The number of pyridine rings is 1. The Morgan fingerprint density at radius 3 is 2.79 bits per heavy atom. The van der Waals surface area contributed by atoms with E-state index < -0.39 is 19.9 Å². The third-order valence-electron chi connectivity index (χ3n) is 7.09. The Bertz CT molecular complexity index is 895. The first kappa shape index (κ1) is 19.0. The van der Waals surface area contributed by atoms with E-state index in [4.69, 9.17) is 11.6 Å². The number of hydrogen-bond donors (Lipinski definition) is 4. The Morgan fingerprint density at radius 1 is 1.32 bits per heavy atom. The molecule has 3 heterocycles. The third-order valence-corrected chi connectivity index (χ3v) is 9.94. The van der Waals surface area contributed by atoms with E-state index in [9.17, 15) is 15.3 Å². The number of anilines is 1. The number of aliphatic hydroxyl groups excluding tert-OH is 3. The zero-order valence-corrected chi connectivity index (χ0v) is 17.4. The maximum Gasteiger partial charge on any atom is 0.156 e. The van der Waals surface area contributed by atoms with E-state index in [-0.39, 0.29) is 18.0 Å². The lowest BCUT2D eigenvalue weighted by molar-refractivity contribution is 0.0455. The molecule has 0 radical (unpaired) electrons. The molecule has 0 spiro atoms. The monoisotopic (exact) mass is 424 g/mol. The minimum atomic E-state index is -1.09. The van der Waals surface area contributed by atoms with Gasteiger partial charge in [0.15, 0.2) is 5.82 Å². The first-order valence-electron chi connectivity index (χ1n) is 10.00. The Labute approximate surface area is 169 Å². The zero-order chi connectivity index (χ0) is 19.6. The molecule has 4 N–H and O–H groups in total. The van der Waals surface area contributed by atoms with Crippen molar-refractivity contribution in [2.45, 2.75) is 62.3 Å². The molecule has 7 nitrogen and oxygen atoms in total. The van der Waals surface area contributed by atoms with E-state index in [1.165, 1.54) is 25.7 Å². The van der Waals surface area contributed by atoms with Crippen molar-refractivity contribution in [1.29, 1.82) is 0 Å². The second-order valence-corrected chi connectivity index (χ2v) is 11.6. The zero-order valence-electron chi connectivity index (χ0n) is 15.7. The van der Waals surface area contributed by atoms with Gasteiger partial charge in [0.1, 0.15) is 22.6 Å². The lowest BCUT2D eigenvalue weighted by Gasteiger charge is -2.24. The van der Waals surface area contributed by atoms with Gasteiger partial charge in [-0.15, -0.1) is 0 Å². The van der Waals surface area contributed by atoms with Crippen LogP contribution in [0.1, 0.15) is 38.6 Å². The lowest BCUT2D eigenvalue weighted by Crippen LogP contribution is -2.29. The summed E-state index contributed by atoms with van der Waals surface area (Å²) in [5.41, 5.74) is 1.49. The van der Waals surface area contributed by atoms with E-state index in [1.807, 2.05) is 11.5 Å². The molecule has 2 bridgehead atoms. The molecule has 0 aromatic carbocycles. The molecule has 3 fully saturated rings. The third kappa shape index (κ3) is 2.86. The summed E-state index contributed by atoms with van der Waals surface area (Å²) in [7, 11) is -1.09. The van der Waals surface area contributed by atoms with Crippen LogP contribution < -0.4 is 5.32 Å². The highest BCUT2D eigenvalue weighted by Gasteiger charge is 2.48. The van der Waals surface area contributed by atoms with Crippen LogP contribution in [-0.2, 0) is 0 Å². The minimum absolute atomic E-state index is 0.0451. The molecule has 5 rings (SSSR count). The molecule has 1 aliphatic heterocycles. The fourth-order valence-corrected chi connectivity index (χ4v) is 8.02. The van der Waals surface area contributed by atoms with Crippen LogP contribution in [0.2, 0.25) is 5.15 Å². The summed E-state index contributed by atoms with van der Waals surface area (Å²) in [4.78, 5) is 9.09. The van der Waals surface area contributed by atoms with E-state index in [2.05, 4.69) is 15.3 Å². The van der Waals surface area contributed by atoms with Crippen molar-refractivity contribution in [3.8, 4) is 0 Å². The van der Waals surface area contributed by atoms with Crippen LogP contribution in [0.5, 0.6) is 0 Å². The fraction of sp³-hybridized carbons (Fsp3) is 0.684. The second kappa shape index (κ2) is 7.06. The molecule has 5 unspecified atom stereocenters. The molecule has 9 heteroatoms. The SMILES string of the molecule is C[C@@H]1[C@@H](n2cnc3c(NC4CC5CCC4C5)nc(Cl)cc32)[C@H](O)C(O)P1CO. The van der Waals surface area contributed by atoms with Crippen molar-refractivity contribution in [3.05, 3.63) is 17.5 Å². The van der Waals surface area contributed by atoms with Gasteiger partial charge < -0.3 is 25.2 Å². The number of nitrogens with zero attached hydrogens (tertiary/aromatic N) is 3. The van der Waals surface area contributed by atoms with Crippen LogP contribution in [0.4, 0.5) is 5.82 Å². The summed E-state index contributed by atoms with van der Waals surface area (Å²) in [5.74, 6) is 1.32. The summed E-state index contributed by atoms with van der Waals surface area (Å²) in [6, 6.07) is 1.83. The van der Waals surface area contributed by atoms with Gasteiger partial charge in [0.05, 0.1) is 24.2 Å². The summed E-state index contributed by atoms with van der Waals surface area (Å²) in [6.45, 7) is 1.97. The van der Waals surface area contributed by atoms with Gasteiger partial charge >= 0.3 is 0 Å². The Morgan fingerprint density at radius 2 is 2.14 bits per heavy atom. The van der Waals surface area contributed by atoms with Gasteiger partial charge in [-0.05, 0) is 39.0 Å². The topological polar surface area (TPSA) is 103 Å². The van der Waals surface area contributed by atoms with E-state index in [0.29, 0.717) is 22.9 Å². The van der Waals surface area contributed by atoms with Crippen molar-refractivity contribution < 1.29 is 15.3 Å². The van der Waals surface area contributed by atoms with Gasteiger partial charge in [0.25, 0.3) is 0 Å².